The molecule has 2 aliphatic heterocycles. The standard InChI is InChI=1S/C20H23Cl2F3N4O2.C13H19ClN2O.C7H6ClF3N2O2.CH4/c1-11-9-28(12(2)8-27(11)14-5-6-15(21)16(7-14)31-4)17(30)10-29-13(3)18(22)19(26-29)20(23,24)25;1-9-8-16(10(2)7-15-9)11-4-5-12(14)13(6-11)17-3;1-3-5(8)6(7(9,10)11)12-13(3)2-4(14)15;/h5-7,11-12H,8-10H2,1-4H3;4-6,9-10,15H,7-8H2,1-3H3;2H2,1H3,(H,14,15);1H4/t11-,12-;9-,10-;;/m00../s1. The van der Waals surface area contributed by atoms with E-state index in [-0.39, 0.29) is 43.4 Å². The number of carbonyl (C=O) groups excluding carboxylic acids is 1. The van der Waals surface area contributed by atoms with E-state index in [1.54, 1.807) is 25.2 Å². The molecule has 2 aromatic carbocycles. The highest BCUT2D eigenvalue weighted by Gasteiger charge is 2.40. The Kier molecular flexibility index (Phi) is 18.8. The van der Waals surface area contributed by atoms with Gasteiger partial charge >= 0.3 is 18.3 Å². The molecule has 356 valence electrons. The molecule has 0 radical (unpaired) electrons. The Morgan fingerprint density at radius 3 is 1.56 bits per heavy atom. The highest BCUT2D eigenvalue weighted by molar-refractivity contribution is 6.33. The van der Waals surface area contributed by atoms with Crippen LogP contribution in [0, 0.1) is 13.8 Å². The Bertz CT molecular complexity index is 2240. The van der Waals surface area contributed by atoms with E-state index in [9.17, 15) is 35.9 Å². The zero-order chi connectivity index (χ0) is 47.3. The second kappa shape index (κ2) is 22.3. The molecule has 0 spiro atoms. The Hall–Kier alpha value is -4.30. The topological polar surface area (TPSA) is 130 Å². The maximum absolute atomic E-state index is 13.1. The summed E-state index contributed by atoms with van der Waals surface area (Å²) in [6.07, 6.45) is -9.35. The van der Waals surface area contributed by atoms with Gasteiger partial charge in [0.2, 0.25) is 5.91 Å². The summed E-state index contributed by atoms with van der Waals surface area (Å²) in [4.78, 5) is 29.4. The van der Waals surface area contributed by atoms with E-state index < -0.39 is 46.3 Å². The van der Waals surface area contributed by atoms with Crippen LogP contribution in [0.2, 0.25) is 20.1 Å². The van der Waals surface area contributed by atoms with Gasteiger partial charge in [0.25, 0.3) is 0 Å². The first-order valence-electron chi connectivity index (χ1n) is 19.3. The number of methoxy groups -OCH3 is 2. The number of aliphatic carboxylic acids is 1. The molecule has 6 rings (SSSR count). The van der Waals surface area contributed by atoms with E-state index in [2.05, 4.69) is 45.2 Å². The van der Waals surface area contributed by atoms with Crippen molar-refractivity contribution in [2.75, 3.05) is 50.2 Å². The van der Waals surface area contributed by atoms with Crippen molar-refractivity contribution in [3.63, 3.8) is 0 Å². The van der Waals surface area contributed by atoms with Crippen LogP contribution in [0.5, 0.6) is 11.5 Å². The molecule has 4 heterocycles. The van der Waals surface area contributed by atoms with Gasteiger partial charge in [0.05, 0.1) is 45.7 Å². The summed E-state index contributed by atoms with van der Waals surface area (Å²) in [7, 11) is 3.19. The number of carboxylic acid groups (broad SMARTS) is 1. The van der Waals surface area contributed by atoms with Crippen LogP contribution in [0.1, 0.15) is 57.9 Å². The van der Waals surface area contributed by atoms with Gasteiger partial charge in [-0.05, 0) is 65.8 Å². The molecule has 2 N–H and O–H groups in total. The predicted molar refractivity (Wildman–Crippen MR) is 237 cm³/mol. The molecule has 4 aromatic rings. The fourth-order valence-electron chi connectivity index (χ4n) is 6.94. The van der Waals surface area contributed by atoms with Gasteiger partial charge in [-0.2, -0.15) is 36.5 Å². The number of hydrogen-bond donors (Lipinski definition) is 2. The average molecular weight is 993 g/mol. The van der Waals surface area contributed by atoms with Crippen molar-refractivity contribution in [1.29, 1.82) is 0 Å². The molecule has 0 aliphatic carbocycles. The predicted octanol–water partition coefficient (Wildman–Crippen LogP) is 9.77. The highest BCUT2D eigenvalue weighted by atomic mass is 35.5. The van der Waals surface area contributed by atoms with Gasteiger partial charge in [0.15, 0.2) is 11.4 Å². The molecule has 0 unspecified atom stereocenters. The molecule has 23 heteroatoms. The van der Waals surface area contributed by atoms with Gasteiger partial charge in [0, 0.05) is 73.9 Å². The zero-order valence-corrected chi connectivity index (χ0v) is 38.5. The molecule has 64 heavy (non-hydrogen) atoms. The first-order chi connectivity index (χ1) is 29.3. The molecule has 0 saturated carbocycles. The van der Waals surface area contributed by atoms with E-state index >= 15 is 0 Å². The number of nitrogens with one attached hydrogen (secondary N) is 1. The maximum atomic E-state index is 13.1. The van der Waals surface area contributed by atoms with E-state index in [4.69, 9.17) is 61.0 Å². The normalized spacial score (nSPS) is 18.9. The van der Waals surface area contributed by atoms with Crippen LogP contribution in [-0.4, -0.2) is 106 Å². The van der Waals surface area contributed by atoms with Crippen LogP contribution < -0.4 is 24.6 Å². The number of carbonyl (C=O) groups is 2. The fraction of sp³-hybridized carbons (Fsp3) is 0.512. The Labute approximate surface area is 388 Å². The number of amides is 1. The number of carboxylic acids is 1. The van der Waals surface area contributed by atoms with E-state index in [0.717, 1.165) is 29.2 Å². The number of nitrogens with zero attached hydrogens (tertiary/aromatic N) is 7. The third kappa shape index (κ3) is 13.2. The van der Waals surface area contributed by atoms with Gasteiger partial charge in [-0.25, -0.2) is 0 Å². The molecular weight excluding hydrogens is 940 g/mol. The summed E-state index contributed by atoms with van der Waals surface area (Å²) in [6.45, 7) is 13.0. The van der Waals surface area contributed by atoms with Gasteiger partial charge in [-0.1, -0.05) is 53.8 Å². The van der Waals surface area contributed by atoms with E-state index in [1.807, 2.05) is 38.1 Å². The van der Waals surface area contributed by atoms with Crippen molar-refractivity contribution in [3.05, 3.63) is 79.3 Å². The number of hydrogen-bond acceptors (Lipinski definition) is 9. The van der Waals surface area contributed by atoms with Crippen molar-refractivity contribution in [1.82, 2.24) is 29.8 Å². The average Bonchev–Trinajstić information content (AvgIpc) is 3.66. The fourth-order valence-corrected chi connectivity index (χ4v) is 7.81. The van der Waals surface area contributed by atoms with Crippen LogP contribution in [0.15, 0.2) is 36.4 Å². The third-order valence-electron chi connectivity index (χ3n) is 10.4. The first kappa shape index (κ1) is 54.0. The number of anilines is 2. The highest BCUT2D eigenvalue weighted by Crippen LogP contribution is 2.37. The SMILES string of the molecule is C.COc1cc(N2C[C@H](C)N(C(=O)Cn3nc(C(F)(F)F)c(Cl)c3C)C[C@@H]2C)ccc1Cl.COc1cc(N2C[C@H](C)NC[C@@H]2C)ccc1Cl.Cc1c(Cl)c(C(F)(F)F)nn1CC(=O)O. The van der Waals surface area contributed by atoms with Crippen molar-refractivity contribution in [2.24, 2.45) is 0 Å². The lowest BCUT2D eigenvalue weighted by Gasteiger charge is -2.45. The zero-order valence-electron chi connectivity index (χ0n) is 35.5. The van der Waals surface area contributed by atoms with Crippen LogP contribution in [-0.2, 0) is 35.0 Å². The Morgan fingerprint density at radius 1 is 0.719 bits per heavy atom. The number of halogens is 10. The largest absolute Gasteiger partial charge is 0.495 e. The molecule has 4 atom stereocenters. The number of aromatic nitrogens is 4. The second-order valence-corrected chi connectivity index (χ2v) is 16.6. The molecule has 2 aliphatic rings. The molecular formula is C41H52Cl4F6N8O5. The second-order valence-electron chi connectivity index (χ2n) is 15.0. The van der Waals surface area contributed by atoms with Crippen LogP contribution in [0.25, 0.3) is 0 Å². The summed E-state index contributed by atoms with van der Waals surface area (Å²) < 4.78 is 88.2. The summed E-state index contributed by atoms with van der Waals surface area (Å²) in [6, 6.07) is 12.2. The molecule has 2 aromatic heterocycles. The Balaban J connectivity index is 0.000000279. The molecule has 13 nitrogen and oxygen atoms in total. The van der Waals surface area contributed by atoms with Gasteiger partial charge in [-0.3, -0.25) is 19.0 Å². The number of benzene rings is 2. The van der Waals surface area contributed by atoms with Gasteiger partial charge in [-0.15, -0.1) is 0 Å². The molecule has 1 amide bonds. The van der Waals surface area contributed by atoms with Crippen LogP contribution in [0.4, 0.5) is 37.7 Å². The minimum Gasteiger partial charge on any atom is -0.495 e. The maximum Gasteiger partial charge on any atom is 0.436 e. The van der Waals surface area contributed by atoms with Crippen molar-refractivity contribution in [2.45, 2.75) is 98.6 Å². The number of rotatable bonds is 8. The number of ether oxygens (including phenoxy) is 2. The lowest BCUT2D eigenvalue weighted by molar-refractivity contribution is -0.143. The summed E-state index contributed by atoms with van der Waals surface area (Å²) in [5, 5.41) is 18.6. The van der Waals surface area contributed by atoms with Crippen LogP contribution in [0.3, 0.4) is 0 Å². The summed E-state index contributed by atoms with van der Waals surface area (Å²) in [5.41, 5.74) is -0.268. The van der Waals surface area contributed by atoms with E-state index in [0.29, 0.717) is 45.6 Å². The lowest BCUT2D eigenvalue weighted by Crippen LogP contribution is -2.58. The minimum absolute atomic E-state index is 0. The first-order valence-corrected chi connectivity index (χ1v) is 20.8. The van der Waals surface area contributed by atoms with Crippen molar-refractivity contribution >= 4 is 69.7 Å². The van der Waals surface area contributed by atoms with E-state index in [1.165, 1.54) is 19.5 Å². The third-order valence-corrected chi connectivity index (χ3v) is 11.9. The summed E-state index contributed by atoms with van der Waals surface area (Å²) >= 11 is 23.3. The number of piperazine rings is 2. The monoisotopic (exact) mass is 990 g/mol. The number of alkyl halides is 6. The summed E-state index contributed by atoms with van der Waals surface area (Å²) in [5.74, 6) is -0.304. The van der Waals surface area contributed by atoms with Crippen molar-refractivity contribution in [3.8, 4) is 11.5 Å². The Morgan fingerprint density at radius 2 is 1.16 bits per heavy atom. The van der Waals surface area contributed by atoms with Crippen LogP contribution >= 0.6 is 46.4 Å². The molecule has 0 bridgehead atoms. The van der Waals surface area contributed by atoms with Crippen molar-refractivity contribution < 1.29 is 50.5 Å². The molecule has 2 fully saturated rings. The van der Waals surface area contributed by atoms with Gasteiger partial charge in [0.1, 0.15) is 24.6 Å². The lowest BCUT2D eigenvalue weighted by atomic mass is 10.1. The smallest absolute Gasteiger partial charge is 0.436 e. The minimum atomic E-state index is -4.68. The molecule has 2 saturated heterocycles. The van der Waals surface area contributed by atoms with Gasteiger partial charge < -0.3 is 34.6 Å². The quantitative estimate of drug-likeness (QED) is 0.165.